The average Bonchev–Trinajstić information content (AvgIpc) is 1.91. The van der Waals surface area contributed by atoms with Crippen molar-refractivity contribution in [1.82, 2.24) is 0 Å². The van der Waals surface area contributed by atoms with Crippen molar-refractivity contribution in [2.75, 3.05) is 0 Å². The van der Waals surface area contributed by atoms with E-state index in [1.54, 1.807) is 0 Å². The minimum absolute atomic E-state index is 0. The van der Waals surface area contributed by atoms with Crippen LogP contribution in [0, 0.1) is 12.0 Å². The van der Waals surface area contributed by atoms with Crippen molar-refractivity contribution in [1.29, 1.82) is 0 Å². The summed E-state index contributed by atoms with van der Waals surface area (Å²) < 4.78 is 0. The van der Waals surface area contributed by atoms with Crippen LogP contribution in [0.15, 0.2) is 18.2 Å². The maximum atomic E-state index is 3.84. The van der Waals surface area contributed by atoms with E-state index in [9.17, 15) is 0 Å². The molecule has 1 aliphatic rings. The van der Waals surface area contributed by atoms with E-state index in [1.165, 1.54) is 5.57 Å². The molecule has 0 nitrogen and oxygen atoms in total. The van der Waals surface area contributed by atoms with E-state index >= 15 is 0 Å². The SMILES string of the molecule is C=C1C[C-]=CC1C.[Y]. The zero-order valence-corrected chi connectivity index (χ0v) is 7.98. The van der Waals surface area contributed by atoms with E-state index in [0.717, 1.165) is 6.42 Å². The van der Waals surface area contributed by atoms with E-state index in [4.69, 9.17) is 0 Å². The van der Waals surface area contributed by atoms with Crippen LogP contribution in [0.3, 0.4) is 0 Å². The van der Waals surface area contributed by atoms with Crippen LogP contribution in [0.5, 0.6) is 0 Å². The third-order valence-corrected chi connectivity index (χ3v) is 1.34. The van der Waals surface area contributed by atoms with Gasteiger partial charge >= 0.3 is 0 Å². The number of hydrogen-bond acceptors (Lipinski definition) is 0. The summed E-state index contributed by atoms with van der Waals surface area (Å²) in [6, 6.07) is 0. The van der Waals surface area contributed by atoms with E-state index in [-0.39, 0.29) is 32.7 Å². The Morgan fingerprint density at radius 3 is 2.62 bits per heavy atom. The average molecular weight is 182 g/mol. The molecule has 0 fully saturated rings. The summed E-state index contributed by atoms with van der Waals surface area (Å²) in [4.78, 5) is 0. The first-order valence-electron chi connectivity index (χ1n) is 2.55. The van der Waals surface area contributed by atoms with Crippen LogP contribution in [0.2, 0.25) is 0 Å². The summed E-state index contributed by atoms with van der Waals surface area (Å²) in [5, 5.41) is 0. The standard InChI is InChI=1S/C7H9.Y/c1-6-4-3-5-7(6)2;/h5,7H,1,4H2,2H3;/q-1;. The minimum Gasteiger partial charge on any atom is -0.496 e. The van der Waals surface area contributed by atoms with Gasteiger partial charge in [-0.25, -0.2) is 0 Å². The van der Waals surface area contributed by atoms with Gasteiger partial charge in [0.05, 0.1) is 0 Å². The van der Waals surface area contributed by atoms with Gasteiger partial charge in [-0.15, -0.1) is 12.2 Å². The van der Waals surface area contributed by atoms with Crippen LogP contribution in [-0.4, -0.2) is 0 Å². The van der Waals surface area contributed by atoms with Crippen molar-refractivity contribution >= 4 is 0 Å². The third-order valence-electron chi connectivity index (χ3n) is 1.34. The summed E-state index contributed by atoms with van der Waals surface area (Å²) in [7, 11) is 0. The summed E-state index contributed by atoms with van der Waals surface area (Å²) >= 11 is 0. The Kier molecular flexibility index (Phi) is 3.84. The quantitative estimate of drug-likeness (QED) is 0.396. The van der Waals surface area contributed by atoms with Gasteiger partial charge in [-0.1, -0.05) is 6.92 Å². The Balaban J connectivity index is 0.000000490. The molecular formula is C7H9Y-. The second-order valence-electron chi connectivity index (χ2n) is 1.99. The largest absolute Gasteiger partial charge is 0.496 e. The fourth-order valence-corrected chi connectivity index (χ4v) is 0.646. The number of rotatable bonds is 0. The molecule has 0 spiro atoms. The molecule has 8 heavy (non-hydrogen) atoms. The normalized spacial score (nSPS) is 25.6. The van der Waals surface area contributed by atoms with E-state index in [2.05, 4.69) is 25.7 Å². The Labute approximate surface area is 75.9 Å². The fourth-order valence-electron chi connectivity index (χ4n) is 0.646. The van der Waals surface area contributed by atoms with Crippen LogP contribution in [-0.2, 0) is 32.7 Å². The fraction of sp³-hybridized carbons (Fsp3) is 0.429. The monoisotopic (exact) mass is 182 g/mol. The number of allylic oxidation sites excluding steroid dienone is 3. The Morgan fingerprint density at radius 2 is 2.50 bits per heavy atom. The first-order valence-corrected chi connectivity index (χ1v) is 2.55. The van der Waals surface area contributed by atoms with Crippen LogP contribution in [0.25, 0.3) is 0 Å². The molecule has 1 rings (SSSR count). The summed E-state index contributed by atoms with van der Waals surface area (Å²) in [5.41, 5.74) is 1.29. The molecule has 0 amide bonds. The van der Waals surface area contributed by atoms with Crippen LogP contribution >= 0.6 is 0 Å². The predicted octanol–water partition coefficient (Wildman–Crippen LogP) is 1.94. The second kappa shape index (κ2) is 3.58. The molecule has 1 aliphatic carbocycles. The zero-order chi connectivity index (χ0) is 5.28. The maximum absolute atomic E-state index is 3.84. The predicted molar refractivity (Wildman–Crippen MR) is 30.7 cm³/mol. The van der Waals surface area contributed by atoms with Crippen molar-refractivity contribution in [3.8, 4) is 0 Å². The zero-order valence-electron chi connectivity index (χ0n) is 5.15. The van der Waals surface area contributed by atoms with Gasteiger partial charge in [0.25, 0.3) is 0 Å². The molecule has 1 radical (unpaired) electrons. The molecule has 1 atom stereocenters. The van der Waals surface area contributed by atoms with Crippen molar-refractivity contribution < 1.29 is 32.7 Å². The molecule has 0 aliphatic heterocycles. The first-order chi connectivity index (χ1) is 3.30. The molecule has 0 heterocycles. The molecule has 0 aromatic heterocycles. The second-order valence-corrected chi connectivity index (χ2v) is 1.99. The summed E-state index contributed by atoms with van der Waals surface area (Å²) in [6.07, 6.45) is 6.14. The number of hydrogen-bond donors (Lipinski definition) is 0. The van der Waals surface area contributed by atoms with Crippen molar-refractivity contribution in [3.05, 3.63) is 24.3 Å². The van der Waals surface area contributed by atoms with Gasteiger partial charge in [0.1, 0.15) is 0 Å². The molecule has 0 N–H and O–H groups in total. The maximum Gasteiger partial charge on any atom is 0 e. The molecular weight excluding hydrogens is 173 g/mol. The van der Waals surface area contributed by atoms with E-state index < -0.39 is 0 Å². The summed E-state index contributed by atoms with van der Waals surface area (Å²) in [6.45, 7) is 5.98. The molecule has 0 saturated carbocycles. The van der Waals surface area contributed by atoms with Crippen LogP contribution in [0.1, 0.15) is 13.3 Å². The molecule has 1 heteroatoms. The molecule has 41 valence electrons. The van der Waals surface area contributed by atoms with Gasteiger partial charge in [-0.3, -0.25) is 6.08 Å². The van der Waals surface area contributed by atoms with Gasteiger partial charge in [0.2, 0.25) is 0 Å². The van der Waals surface area contributed by atoms with Crippen molar-refractivity contribution in [2.45, 2.75) is 13.3 Å². The summed E-state index contributed by atoms with van der Waals surface area (Å²) in [5.74, 6) is 0.583. The van der Waals surface area contributed by atoms with Gasteiger partial charge < -0.3 is 6.08 Å². The topological polar surface area (TPSA) is 0 Å². The van der Waals surface area contributed by atoms with Gasteiger partial charge in [-0.05, 0) is 5.92 Å². The molecule has 0 saturated heterocycles. The molecule has 1 unspecified atom stereocenters. The Bertz CT molecular complexity index is 114. The van der Waals surface area contributed by atoms with Crippen molar-refractivity contribution in [2.24, 2.45) is 5.92 Å². The van der Waals surface area contributed by atoms with Gasteiger partial charge in [0.15, 0.2) is 0 Å². The molecule has 0 aromatic rings. The smallest absolute Gasteiger partial charge is 0 e. The van der Waals surface area contributed by atoms with E-state index in [1.807, 2.05) is 0 Å². The van der Waals surface area contributed by atoms with Crippen LogP contribution in [0.4, 0.5) is 0 Å². The van der Waals surface area contributed by atoms with E-state index in [0.29, 0.717) is 5.92 Å². The molecule has 0 bridgehead atoms. The van der Waals surface area contributed by atoms with Crippen LogP contribution < -0.4 is 0 Å². The molecule has 0 aromatic carbocycles. The van der Waals surface area contributed by atoms with Crippen molar-refractivity contribution in [3.63, 3.8) is 0 Å². The first kappa shape index (κ1) is 8.58. The Morgan fingerprint density at radius 1 is 1.88 bits per heavy atom. The van der Waals surface area contributed by atoms with Gasteiger partial charge in [-0.2, -0.15) is 6.42 Å². The third kappa shape index (κ3) is 1.83. The minimum atomic E-state index is 0. The Hall–Kier alpha value is 0.584. The van der Waals surface area contributed by atoms with Gasteiger partial charge in [0, 0.05) is 32.7 Å².